The zero-order valence-corrected chi connectivity index (χ0v) is 12.2. The Balaban J connectivity index is 2.36. The van der Waals surface area contributed by atoms with Crippen LogP contribution < -0.4 is 5.32 Å². The molecule has 0 spiro atoms. The Morgan fingerprint density at radius 1 is 1.33 bits per heavy atom. The molecule has 0 bridgehead atoms. The predicted octanol–water partition coefficient (Wildman–Crippen LogP) is 2.02. The molecule has 100 valence electrons. The van der Waals surface area contributed by atoms with Crippen molar-refractivity contribution in [1.29, 1.82) is 0 Å². The number of carbonyl (C=O) groups excluding carboxylic acids is 1. The summed E-state index contributed by atoms with van der Waals surface area (Å²) in [6.07, 6.45) is 3.55. The maximum absolute atomic E-state index is 11.7. The standard InChI is InChI=1S/C14H22N2OS/c1-15-10-8-14(17)16(2)11-9-12-4-6-13(18-3)7-5-12/h4-7,15H,8-11H2,1-3H3. The van der Waals surface area contributed by atoms with Gasteiger partial charge in [-0.1, -0.05) is 12.1 Å². The van der Waals surface area contributed by atoms with Crippen molar-refractivity contribution in [2.75, 3.05) is 33.4 Å². The number of thioether (sulfide) groups is 1. The van der Waals surface area contributed by atoms with Crippen LogP contribution >= 0.6 is 11.8 Å². The molecule has 1 aromatic carbocycles. The van der Waals surface area contributed by atoms with Crippen LogP contribution in [0.3, 0.4) is 0 Å². The van der Waals surface area contributed by atoms with E-state index in [4.69, 9.17) is 0 Å². The number of nitrogens with zero attached hydrogens (tertiary/aromatic N) is 1. The van der Waals surface area contributed by atoms with Crippen LogP contribution in [0.15, 0.2) is 29.2 Å². The van der Waals surface area contributed by atoms with E-state index >= 15 is 0 Å². The van der Waals surface area contributed by atoms with E-state index in [1.54, 1.807) is 16.7 Å². The van der Waals surface area contributed by atoms with Crippen molar-refractivity contribution in [2.24, 2.45) is 0 Å². The van der Waals surface area contributed by atoms with Gasteiger partial charge in [-0.25, -0.2) is 0 Å². The number of nitrogens with one attached hydrogen (secondary N) is 1. The lowest BCUT2D eigenvalue weighted by Crippen LogP contribution is -2.30. The Kier molecular flexibility index (Phi) is 6.83. The maximum atomic E-state index is 11.7. The summed E-state index contributed by atoms with van der Waals surface area (Å²) in [7, 11) is 3.73. The van der Waals surface area contributed by atoms with E-state index < -0.39 is 0 Å². The Hall–Kier alpha value is -1.00. The van der Waals surface area contributed by atoms with Crippen molar-refractivity contribution in [2.45, 2.75) is 17.7 Å². The highest BCUT2D eigenvalue weighted by Gasteiger charge is 2.07. The second-order valence-corrected chi connectivity index (χ2v) is 5.15. The topological polar surface area (TPSA) is 32.3 Å². The number of amides is 1. The number of hydrogen-bond acceptors (Lipinski definition) is 3. The molecule has 0 aliphatic heterocycles. The summed E-state index contributed by atoms with van der Waals surface area (Å²) < 4.78 is 0. The normalized spacial score (nSPS) is 10.4. The molecule has 18 heavy (non-hydrogen) atoms. The van der Waals surface area contributed by atoms with E-state index in [1.807, 2.05) is 14.1 Å². The number of carbonyl (C=O) groups is 1. The molecule has 0 aliphatic carbocycles. The van der Waals surface area contributed by atoms with E-state index in [0.29, 0.717) is 6.42 Å². The average molecular weight is 266 g/mol. The molecule has 0 radical (unpaired) electrons. The summed E-state index contributed by atoms with van der Waals surface area (Å²) in [5.74, 6) is 0.199. The largest absolute Gasteiger partial charge is 0.345 e. The van der Waals surface area contributed by atoms with Crippen molar-refractivity contribution in [3.63, 3.8) is 0 Å². The molecule has 0 atom stereocenters. The van der Waals surface area contributed by atoms with Gasteiger partial charge in [-0.2, -0.15) is 0 Å². The Bertz CT molecular complexity index is 365. The zero-order chi connectivity index (χ0) is 13.4. The maximum Gasteiger partial charge on any atom is 0.223 e. The zero-order valence-electron chi connectivity index (χ0n) is 11.4. The first-order valence-corrected chi connectivity index (χ1v) is 7.41. The lowest BCUT2D eigenvalue weighted by atomic mass is 10.1. The quantitative estimate of drug-likeness (QED) is 0.766. The summed E-state index contributed by atoms with van der Waals surface area (Å²) in [6.45, 7) is 1.52. The van der Waals surface area contributed by atoms with Crippen LogP contribution in [-0.2, 0) is 11.2 Å². The smallest absolute Gasteiger partial charge is 0.223 e. The molecule has 4 heteroatoms. The minimum atomic E-state index is 0.199. The summed E-state index contributed by atoms with van der Waals surface area (Å²) in [4.78, 5) is 14.8. The van der Waals surface area contributed by atoms with Crippen molar-refractivity contribution >= 4 is 17.7 Å². The molecule has 1 N–H and O–H groups in total. The minimum absolute atomic E-state index is 0.199. The van der Waals surface area contributed by atoms with Crippen LogP contribution in [0, 0.1) is 0 Å². The van der Waals surface area contributed by atoms with Crippen LogP contribution in [-0.4, -0.2) is 44.2 Å². The second-order valence-electron chi connectivity index (χ2n) is 4.27. The van der Waals surface area contributed by atoms with Crippen molar-refractivity contribution in [3.05, 3.63) is 29.8 Å². The van der Waals surface area contributed by atoms with Gasteiger partial charge in [0.25, 0.3) is 0 Å². The summed E-state index contributed by atoms with van der Waals surface area (Å²) >= 11 is 1.74. The number of benzene rings is 1. The van der Waals surface area contributed by atoms with Crippen molar-refractivity contribution in [1.82, 2.24) is 10.2 Å². The Morgan fingerprint density at radius 2 is 2.00 bits per heavy atom. The third kappa shape index (κ3) is 5.10. The summed E-state index contributed by atoms with van der Waals surface area (Å²) in [5, 5.41) is 2.99. The fraction of sp³-hybridized carbons (Fsp3) is 0.500. The highest BCUT2D eigenvalue weighted by atomic mass is 32.2. The molecular weight excluding hydrogens is 244 g/mol. The highest BCUT2D eigenvalue weighted by molar-refractivity contribution is 7.98. The van der Waals surface area contributed by atoms with Gasteiger partial charge in [0, 0.05) is 31.5 Å². The molecule has 0 unspecified atom stereocenters. The van der Waals surface area contributed by atoms with Gasteiger partial charge in [0.2, 0.25) is 5.91 Å². The Labute approximate surface area is 114 Å². The average Bonchev–Trinajstić information content (AvgIpc) is 2.42. The number of hydrogen-bond donors (Lipinski definition) is 1. The van der Waals surface area contributed by atoms with Crippen LogP contribution in [0.25, 0.3) is 0 Å². The Morgan fingerprint density at radius 3 is 2.56 bits per heavy atom. The number of likely N-dealkylation sites (N-methyl/N-ethyl adjacent to an activating group) is 1. The molecule has 3 nitrogen and oxygen atoms in total. The van der Waals surface area contributed by atoms with Gasteiger partial charge >= 0.3 is 0 Å². The molecule has 0 aliphatic rings. The molecule has 0 heterocycles. The molecule has 0 saturated carbocycles. The lowest BCUT2D eigenvalue weighted by Gasteiger charge is -2.17. The predicted molar refractivity (Wildman–Crippen MR) is 78.1 cm³/mol. The summed E-state index contributed by atoms with van der Waals surface area (Å²) in [6, 6.07) is 8.53. The second kappa shape index (κ2) is 8.16. The van der Waals surface area contributed by atoms with Crippen LogP contribution in [0.5, 0.6) is 0 Å². The van der Waals surface area contributed by atoms with Gasteiger partial charge < -0.3 is 10.2 Å². The number of rotatable bonds is 7. The summed E-state index contributed by atoms with van der Waals surface area (Å²) in [5.41, 5.74) is 1.28. The minimum Gasteiger partial charge on any atom is -0.345 e. The fourth-order valence-electron chi connectivity index (χ4n) is 1.64. The van der Waals surface area contributed by atoms with Crippen LogP contribution in [0.4, 0.5) is 0 Å². The van der Waals surface area contributed by atoms with E-state index in [9.17, 15) is 4.79 Å². The van der Waals surface area contributed by atoms with E-state index in [1.165, 1.54) is 10.5 Å². The van der Waals surface area contributed by atoms with Crippen LogP contribution in [0.1, 0.15) is 12.0 Å². The monoisotopic (exact) mass is 266 g/mol. The molecule has 1 amide bonds. The lowest BCUT2D eigenvalue weighted by molar-refractivity contribution is -0.129. The first kappa shape index (κ1) is 15.1. The molecule has 0 aromatic heterocycles. The first-order valence-electron chi connectivity index (χ1n) is 6.19. The SMILES string of the molecule is CNCCC(=O)N(C)CCc1ccc(SC)cc1. The van der Waals surface area contributed by atoms with E-state index in [-0.39, 0.29) is 5.91 Å². The van der Waals surface area contributed by atoms with E-state index in [0.717, 1.165) is 19.5 Å². The molecule has 0 fully saturated rings. The van der Waals surface area contributed by atoms with Gasteiger partial charge in [0.05, 0.1) is 0 Å². The fourth-order valence-corrected chi connectivity index (χ4v) is 2.04. The first-order chi connectivity index (χ1) is 8.67. The molecular formula is C14H22N2OS. The van der Waals surface area contributed by atoms with Gasteiger partial charge in [-0.15, -0.1) is 11.8 Å². The highest BCUT2D eigenvalue weighted by Crippen LogP contribution is 2.15. The van der Waals surface area contributed by atoms with Crippen LogP contribution in [0.2, 0.25) is 0 Å². The third-order valence-electron chi connectivity index (χ3n) is 2.91. The molecule has 0 saturated heterocycles. The van der Waals surface area contributed by atoms with Gasteiger partial charge in [-0.3, -0.25) is 4.79 Å². The molecule has 1 rings (SSSR count). The van der Waals surface area contributed by atoms with Gasteiger partial charge in [0.1, 0.15) is 0 Å². The van der Waals surface area contributed by atoms with Crippen molar-refractivity contribution in [3.8, 4) is 0 Å². The third-order valence-corrected chi connectivity index (χ3v) is 3.65. The van der Waals surface area contributed by atoms with Gasteiger partial charge in [-0.05, 0) is 37.4 Å². The molecule has 1 aromatic rings. The van der Waals surface area contributed by atoms with Crippen molar-refractivity contribution < 1.29 is 4.79 Å². The van der Waals surface area contributed by atoms with Gasteiger partial charge in [0.15, 0.2) is 0 Å². The van der Waals surface area contributed by atoms with E-state index in [2.05, 4.69) is 35.8 Å².